The molecule has 22 heavy (non-hydrogen) atoms. The molecule has 0 bridgehead atoms. The number of pyridine rings is 2. The van der Waals surface area contributed by atoms with Gasteiger partial charge in [-0.25, -0.2) is 4.79 Å². The summed E-state index contributed by atoms with van der Waals surface area (Å²) in [7, 11) is 1.36. The molecule has 1 aromatic carbocycles. The first-order valence-corrected chi connectivity index (χ1v) is 7.11. The van der Waals surface area contributed by atoms with Crippen LogP contribution in [-0.4, -0.2) is 23.0 Å². The van der Waals surface area contributed by atoms with Crippen molar-refractivity contribution in [3.63, 3.8) is 0 Å². The van der Waals surface area contributed by atoms with Gasteiger partial charge >= 0.3 is 5.97 Å². The zero-order valence-corrected chi connectivity index (χ0v) is 12.7. The van der Waals surface area contributed by atoms with E-state index in [-0.39, 0.29) is 5.97 Å². The van der Waals surface area contributed by atoms with Crippen LogP contribution < -0.4 is 0 Å². The van der Waals surface area contributed by atoms with Crippen LogP contribution >= 0.6 is 11.6 Å². The van der Waals surface area contributed by atoms with E-state index in [4.69, 9.17) is 16.3 Å². The maximum atomic E-state index is 11.6. The molecular weight excluding hydrogens is 300 g/mol. The Labute approximate surface area is 132 Å². The number of carbonyl (C=O) groups excluding carboxylic acids is 1. The summed E-state index contributed by atoms with van der Waals surface area (Å²) in [6.07, 6.45) is 3.86. The van der Waals surface area contributed by atoms with Crippen LogP contribution in [0.1, 0.15) is 21.6 Å². The molecular formula is C17H13ClN2O2. The molecule has 0 fully saturated rings. The highest BCUT2D eigenvalue weighted by Crippen LogP contribution is 2.19. The van der Waals surface area contributed by atoms with Crippen LogP contribution in [0.2, 0.25) is 5.02 Å². The molecule has 0 saturated carbocycles. The van der Waals surface area contributed by atoms with Crippen LogP contribution in [-0.2, 0) is 11.2 Å². The van der Waals surface area contributed by atoms with Crippen molar-refractivity contribution >= 4 is 28.5 Å². The van der Waals surface area contributed by atoms with Crippen LogP contribution in [0.4, 0.5) is 0 Å². The molecule has 0 spiro atoms. The van der Waals surface area contributed by atoms with E-state index in [1.807, 2.05) is 24.3 Å². The number of rotatable bonds is 3. The highest BCUT2D eigenvalue weighted by molar-refractivity contribution is 6.31. The standard InChI is InChI=1S/C17H13ClN2O2/c1-22-17(21)12-4-5-19-15(9-12)7-11-2-3-16-13(6-11)8-14(18)10-20-16/h2-6,8-10H,7H2,1H3. The highest BCUT2D eigenvalue weighted by atomic mass is 35.5. The second kappa shape index (κ2) is 6.12. The maximum Gasteiger partial charge on any atom is 0.337 e. The Morgan fingerprint density at radius 2 is 2.05 bits per heavy atom. The first-order valence-electron chi connectivity index (χ1n) is 6.73. The molecule has 0 aliphatic heterocycles. The smallest absolute Gasteiger partial charge is 0.337 e. The monoisotopic (exact) mass is 312 g/mol. The fourth-order valence-corrected chi connectivity index (χ4v) is 2.46. The van der Waals surface area contributed by atoms with Gasteiger partial charge in [-0.2, -0.15) is 0 Å². The van der Waals surface area contributed by atoms with Gasteiger partial charge in [0.2, 0.25) is 0 Å². The van der Waals surface area contributed by atoms with Gasteiger partial charge in [0.15, 0.2) is 0 Å². The molecule has 0 aliphatic rings. The zero-order chi connectivity index (χ0) is 15.5. The predicted octanol–water partition coefficient (Wildman–Crippen LogP) is 3.66. The van der Waals surface area contributed by atoms with Crippen LogP contribution in [0.25, 0.3) is 10.9 Å². The molecule has 0 unspecified atom stereocenters. The second-order valence-electron chi connectivity index (χ2n) is 4.88. The Morgan fingerprint density at radius 1 is 1.18 bits per heavy atom. The summed E-state index contributed by atoms with van der Waals surface area (Å²) in [4.78, 5) is 20.1. The molecule has 0 amide bonds. The van der Waals surface area contributed by atoms with Crippen LogP contribution in [0.5, 0.6) is 0 Å². The summed E-state index contributed by atoms with van der Waals surface area (Å²) in [6.45, 7) is 0. The molecule has 0 N–H and O–H groups in total. The summed E-state index contributed by atoms with van der Waals surface area (Å²) in [5.41, 5.74) is 3.27. The number of carbonyl (C=O) groups is 1. The number of hydrogen-bond donors (Lipinski definition) is 0. The lowest BCUT2D eigenvalue weighted by atomic mass is 10.1. The summed E-state index contributed by atoms with van der Waals surface area (Å²) in [5.74, 6) is -0.363. The minimum absolute atomic E-state index is 0.363. The number of fused-ring (bicyclic) bond motifs is 1. The van der Waals surface area contributed by atoms with Crippen molar-refractivity contribution in [3.8, 4) is 0 Å². The molecule has 2 aromatic heterocycles. The number of hydrogen-bond acceptors (Lipinski definition) is 4. The molecule has 0 radical (unpaired) electrons. The number of benzene rings is 1. The Bertz CT molecular complexity index is 849. The largest absolute Gasteiger partial charge is 0.465 e. The maximum absolute atomic E-state index is 11.6. The average Bonchev–Trinajstić information content (AvgIpc) is 2.54. The molecule has 110 valence electrons. The number of aromatic nitrogens is 2. The molecule has 2 heterocycles. The fourth-order valence-electron chi connectivity index (χ4n) is 2.29. The summed E-state index contributed by atoms with van der Waals surface area (Å²) >= 11 is 5.98. The van der Waals surface area contributed by atoms with Gasteiger partial charge in [0.1, 0.15) is 0 Å². The molecule has 5 heteroatoms. The van der Waals surface area contributed by atoms with Crippen molar-refractivity contribution in [3.05, 3.63) is 70.6 Å². The molecule has 3 aromatic rings. The van der Waals surface area contributed by atoms with Gasteiger partial charge < -0.3 is 4.74 Å². The first-order chi connectivity index (χ1) is 10.7. The van der Waals surface area contributed by atoms with Gasteiger partial charge in [-0.1, -0.05) is 17.7 Å². The van der Waals surface area contributed by atoms with Gasteiger partial charge in [0.05, 0.1) is 23.2 Å². The minimum atomic E-state index is -0.363. The number of esters is 1. The molecule has 0 aliphatic carbocycles. The number of ether oxygens (including phenoxy) is 1. The van der Waals surface area contributed by atoms with Crippen molar-refractivity contribution in [1.29, 1.82) is 0 Å². The van der Waals surface area contributed by atoms with E-state index in [1.165, 1.54) is 7.11 Å². The van der Waals surface area contributed by atoms with Gasteiger partial charge in [-0.15, -0.1) is 0 Å². The van der Waals surface area contributed by atoms with Gasteiger partial charge in [0.25, 0.3) is 0 Å². The predicted molar refractivity (Wildman–Crippen MR) is 85.1 cm³/mol. The lowest BCUT2D eigenvalue weighted by molar-refractivity contribution is 0.0600. The van der Waals surface area contributed by atoms with Gasteiger partial charge in [0, 0.05) is 29.9 Å². The lowest BCUT2D eigenvalue weighted by Gasteiger charge is -2.05. The number of halogens is 1. The lowest BCUT2D eigenvalue weighted by Crippen LogP contribution is -2.03. The van der Waals surface area contributed by atoms with Crippen molar-refractivity contribution < 1.29 is 9.53 Å². The highest BCUT2D eigenvalue weighted by Gasteiger charge is 2.07. The van der Waals surface area contributed by atoms with E-state index in [0.29, 0.717) is 17.0 Å². The van der Waals surface area contributed by atoms with Crippen molar-refractivity contribution in [2.75, 3.05) is 7.11 Å². The van der Waals surface area contributed by atoms with Crippen molar-refractivity contribution in [2.24, 2.45) is 0 Å². The Morgan fingerprint density at radius 3 is 2.86 bits per heavy atom. The van der Waals surface area contributed by atoms with E-state index in [2.05, 4.69) is 9.97 Å². The second-order valence-corrected chi connectivity index (χ2v) is 5.32. The van der Waals surface area contributed by atoms with E-state index in [9.17, 15) is 4.79 Å². The summed E-state index contributed by atoms with van der Waals surface area (Å²) in [6, 6.07) is 11.2. The quantitative estimate of drug-likeness (QED) is 0.693. The van der Waals surface area contributed by atoms with Crippen molar-refractivity contribution in [1.82, 2.24) is 9.97 Å². The minimum Gasteiger partial charge on any atom is -0.465 e. The van der Waals surface area contributed by atoms with E-state index in [0.717, 1.165) is 22.2 Å². The van der Waals surface area contributed by atoms with E-state index >= 15 is 0 Å². The number of methoxy groups -OCH3 is 1. The fraction of sp³-hybridized carbons (Fsp3) is 0.118. The third-order valence-corrected chi connectivity index (χ3v) is 3.54. The summed E-state index contributed by atoms with van der Waals surface area (Å²) < 4.78 is 4.72. The molecule has 4 nitrogen and oxygen atoms in total. The summed E-state index contributed by atoms with van der Waals surface area (Å²) in [5, 5.41) is 1.59. The van der Waals surface area contributed by atoms with Crippen LogP contribution in [0, 0.1) is 0 Å². The van der Waals surface area contributed by atoms with E-state index in [1.54, 1.807) is 24.5 Å². The third kappa shape index (κ3) is 3.07. The third-order valence-electron chi connectivity index (χ3n) is 3.34. The SMILES string of the molecule is COC(=O)c1ccnc(Cc2ccc3ncc(Cl)cc3c2)c1. The van der Waals surface area contributed by atoms with Gasteiger partial charge in [-0.3, -0.25) is 9.97 Å². The van der Waals surface area contributed by atoms with Crippen molar-refractivity contribution in [2.45, 2.75) is 6.42 Å². The number of nitrogens with zero attached hydrogens (tertiary/aromatic N) is 2. The normalized spacial score (nSPS) is 10.6. The van der Waals surface area contributed by atoms with Gasteiger partial charge in [-0.05, 0) is 35.9 Å². The van der Waals surface area contributed by atoms with E-state index < -0.39 is 0 Å². The molecule has 0 saturated heterocycles. The molecule has 3 rings (SSSR count). The first kappa shape index (κ1) is 14.5. The average molecular weight is 313 g/mol. The molecule has 0 atom stereocenters. The Kier molecular flexibility index (Phi) is 4.02. The Hall–Kier alpha value is -2.46. The topological polar surface area (TPSA) is 52.1 Å². The van der Waals surface area contributed by atoms with Crippen LogP contribution in [0.3, 0.4) is 0 Å². The zero-order valence-electron chi connectivity index (χ0n) is 11.9. The Balaban J connectivity index is 1.91. The van der Waals surface area contributed by atoms with Crippen LogP contribution in [0.15, 0.2) is 48.8 Å².